The Kier molecular flexibility index (Phi) is 6.17. The molecule has 0 spiro atoms. The van der Waals surface area contributed by atoms with E-state index in [2.05, 4.69) is 114 Å². The van der Waals surface area contributed by atoms with Gasteiger partial charge in [0.25, 0.3) is 0 Å². The predicted octanol–water partition coefficient (Wildman–Crippen LogP) is 8.43. The Morgan fingerprint density at radius 3 is 2.50 bits per heavy atom. The quantitative estimate of drug-likeness (QED) is 0.256. The third-order valence-corrected chi connectivity index (χ3v) is 5.98. The highest BCUT2D eigenvalue weighted by molar-refractivity contribution is 6.02. The summed E-state index contributed by atoms with van der Waals surface area (Å²) in [7, 11) is 0. The molecule has 0 fully saturated rings. The van der Waals surface area contributed by atoms with Crippen LogP contribution in [0.4, 0.5) is 17.1 Å². The molecule has 1 aliphatic rings. The first-order chi connectivity index (χ1) is 16.7. The average molecular weight is 442 g/mol. The van der Waals surface area contributed by atoms with Gasteiger partial charge in [-0.2, -0.15) is 0 Å². The van der Waals surface area contributed by atoms with Crippen LogP contribution in [0.1, 0.15) is 37.0 Å². The summed E-state index contributed by atoms with van der Waals surface area (Å²) in [5.74, 6) is 0. The van der Waals surface area contributed by atoms with Crippen LogP contribution in [0.15, 0.2) is 108 Å². The number of nitrogens with zero attached hydrogens (tertiary/aromatic N) is 3. The van der Waals surface area contributed by atoms with Crippen molar-refractivity contribution >= 4 is 34.9 Å². The molecule has 0 aliphatic carbocycles. The van der Waals surface area contributed by atoms with Gasteiger partial charge in [0, 0.05) is 29.4 Å². The van der Waals surface area contributed by atoms with Crippen LogP contribution < -0.4 is 4.90 Å². The fourth-order valence-electron chi connectivity index (χ4n) is 4.21. The van der Waals surface area contributed by atoms with Crippen LogP contribution in [0, 0.1) is 0 Å². The van der Waals surface area contributed by atoms with Crippen LogP contribution in [-0.2, 0) is 0 Å². The lowest BCUT2D eigenvalue weighted by Gasteiger charge is -2.28. The summed E-state index contributed by atoms with van der Waals surface area (Å²) >= 11 is 0. The number of anilines is 3. The van der Waals surface area contributed by atoms with Gasteiger partial charge in [-0.05, 0) is 66.4 Å². The van der Waals surface area contributed by atoms with E-state index in [0.29, 0.717) is 0 Å². The molecule has 0 atom stereocenters. The molecule has 0 unspecified atom stereocenters. The van der Waals surface area contributed by atoms with Gasteiger partial charge >= 0.3 is 0 Å². The van der Waals surface area contributed by atoms with Gasteiger partial charge in [0.15, 0.2) is 0 Å². The monoisotopic (exact) mass is 441 g/mol. The average Bonchev–Trinajstić information content (AvgIpc) is 3.06. The zero-order valence-electron chi connectivity index (χ0n) is 19.5. The van der Waals surface area contributed by atoms with Crippen LogP contribution in [0.5, 0.6) is 0 Å². The molecule has 0 saturated carbocycles. The van der Waals surface area contributed by atoms with Crippen molar-refractivity contribution < 1.29 is 0 Å². The first-order valence-corrected chi connectivity index (χ1v) is 11.7. The van der Waals surface area contributed by atoms with E-state index in [0.717, 1.165) is 46.0 Å². The van der Waals surface area contributed by atoms with E-state index < -0.39 is 0 Å². The molecule has 3 heteroatoms. The maximum absolute atomic E-state index is 4.64. The Balaban J connectivity index is 1.68. The molecular weight excluding hydrogens is 414 g/mol. The van der Waals surface area contributed by atoms with Crippen molar-refractivity contribution in [3.05, 3.63) is 120 Å². The summed E-state index contributed by atoms with van der Waals surface area (Å²) in [4.78, 5) is 11.5. The lowest BCUT2D eigenvalue weighted by Crippen LogP contribution is -2.12. The van der Waals surface area contributed by atoms with Crippen LogP contribution in [-0.4, -0.2) is 10.7 Å². The minimum Gasteiger partial charge on any atom is -0.309 e. The number of hydrogen-bond acceptors (Lipinski definition) is 3. The summed E-state index contributed by atoms with van der Waals surface area (Å²) in [6, 6.07) is 29.7. The number of aliphatic imine (C=N–C) groups is 1. The fraction of sp³-hybridized carbons (Fsp3) is 0.0968. The molecule has 1 aromatic heterocycles. The van der Waals surface area contributed by atoms with E-state index in [9.17, 15) is 0 Å². The maximum Gasteiger partial charge on any atom is 0.0702 e. The van der Waals surface area contributed by atoms with Gasteiger partial charge in [-0.3, -0.25) is 9.98 Å². The lowest BCUT2D eigenvalue weighted by molar-refractivity contribution is 1.21. The molecule has 0 radical (unpaired) electrons. The van der Waals surface area contributed by atoms with Gasteiger partial charge in [0.2, 0.25) is 0 Å². The second-order valence-corrected chi connectivity index (χ2v) is 8.27. The highest BCUT2D eigenvalue weighted by atomic mass is 15.1. The van der Waals surface area contributed by atoms with Crippen LogP contribution in [0.3, 0.4) is 0 Å². The number of pyridine rings is 1. The molecule has 5 rings (SSSR count). The number of hydrogen-bond donors (Lipinski definition) is 0. The SMILES string of the molecule is CC/C=C\N=C(C)c1ccc2c(c1)N(c1cccc(-c3ccccn3)c1)c1ccccc1C=C2. The third-order valence-electron chi connectivity index (χ3n) is 5.98. The van der Waals surface area contributed by atoms with Gasteiger partial charge in [-0.25, -0.2) is 0 Å². The van der Waals surface area contributed by atoms with E-state index in [4.69, 9.17) is 0 Å². The molecule has 0 amide bonds. The summed E-state index contributed by atoms with van der Waals surface area (Å²) < 4.78 is 0. The highest BCUT2D eigenvalue weighted by Gasteiger charge is 2.21. The van der Waals surface area contributed by atoms with Crippen molar-refractivity contribution in [3.8, 4) is 11.3 Å². The topological polar surface area (TPSA) is 28.5 Å². The molecule has 3 aromatic carbocycles. The van der Waals surface area contributed by atoms with E-state index in [1.807, 2.05) is 30.6 Å². The number of benzene rings is 3. The normalized spacial score (nSPS) is 13.0. The fourth-order valence-corrected chi connectivity index (χ4v) is 4.21. The number of rotatable bonds is 5. The molecule has 4 aromatic rings. The third kappa shape index (κ3) is 4.33. The summed E-state index contributed by atoms with van der Waals surface area (Å²) in [6.45, 7) is 4.18. The van der Waals surface area contributed by atoms with Crippen molar-refractivity contribution in [2.45, 2.75) is 20.3 Å². The van der Waals surface area contributed by atoms with Gasteiger partial charge in [-0.1, -0.05) is 73.7 Å². The van der Waals surface area contributed by atoms with Gasteiger partial charge in [0.05, 0.1) is 17.1 Å². The smallest absolute Gasteiger partial charge is 0.0702 e. The van der Waals surface area contributed by atoms with Crippen LogP contribution >= 0.6 is 0 Å². The Hall–Kier alpha value is -4.24. The Morgan fingerprint density at radius 1 is 0.853 bits per heavy atom. The Morgan fingerprint density at radius 2 is 1.68 bits per heavy atom. The van der Waals surface area contributed by atoms with Crippen LogP contribution in [0.25, 0.3) is 23.4 Å². The highest BCUT2D eigenvalue weighted by Crippen LogP contribution is 2.43. The van der Waals surface area contributed by atoms with E-state index >= 15 is 0 Å². The van der Waals surface area contributed by atoms with E-state index in [-0.39, 0.29) is 0 Å². The van der Waals surface area contributed by atoms with E-state index in [1.54, 1.807) is 0 Å². The zero-order chi connectivity index (χ0) is 23.3. The number of aromatic nitrogens is 1. The Bertz CT molecular complexity index is 1400. The molecule has 34 heavy (non-hydrogen) atoms. The molecule has 0 bridgehead atoms. The second kappa shape index (κ2) is 9.72. The number of para-hydroxylation sites is 1. The van der Waals surface area contributed by atoms with Crippen molar-refractivity contribution in [1.29, 1.82) is 0 Å². The van der Waals surface area contributed by atoms with Crippen molar-refractivity contribution in [2.75, 3.05) is 4.90 Å². The van der Waals surface area contributed by atoms with E-state index in [1.165, 1.54) is 11.1 Å². The first kappa shape index (κ1) is 21.6. The van der Waals surface area contributed by atoms with Crippen molar-refractivity contribution in [3.63, 3.8) is 0 Å². The van der Waals surface area contributed by atoms with Gasteiger partial charge in [0.1, 0.15) is 0 Å². The maximum atomic E-state index is 4.64. The van der Waals surface area contributed by atoms with Gasteiger partial charge < -0.3 is 4.90 Å². The predicted molar refractivity (Wildman–Crippen MR) is 145 cm³/mol. The van der Waals surface area contributed by atoms with Crippen LogP contribution in [0.2, 0.25) is 0 Å². The number of fused-ring (bicyclic) bond motifs is 2. The largest absolute Gasteiger partial charge is 0.309 e. The van der Waals surface area contributed by atoms with Crippen molar-refractivity contribution in [1.82, 2.24) is 4.98 Å². The van der Waals surface area contributed by atoms with Crippen molar-refractivity contribution in [2.24, 2.45) is 4.99 Å². The summed E-state index contributed by atoms with van der Waals surface area (Å²) in [6.07, 6.45) is 11.2. The zero-order valence-corrected chi connectivity index (χ0v) is 19.5. The second-order valence-electron chi connectivity index (χ2n) is 8.27. The lowest BCUT2D eigenvalue weighted by atomic mass is 10.0. The minimum atomic E-state index is 0.963. The molecule has 0 N–H and O–H groups in total. The molecule has 1 aliphatic heterocycles. The first-order valence-electron chi connectivity index (χ1n) is 11.7. The standard InChI is InChI=1S/C31H27N3/c1-3-4-19-32-23(2)26-18-17-25-16-15-24-10-5-6-14-30(24)34(31(25)22-26)28-12-9-11-27(21-28)29-13-7-8-20-33-29/h4-22H,3H2,1-2H3/b19-4-,32-23?. The molecule has 3 nitrogen and oxygen atoms in total. The molecule has 0 saturated heterocycles. The molecule has 166 valence electrons. The molecular formula is C31H27N3. The van der Waals surface area contributed by atoms with Gasteiger partial charge in [-0.15, -0.1) is 0 Å². The summed E-state index contributed by atoms with van der Waals surface area (Å²) in [5, 5.41) is 0. The number of allylic oxidation sites excluding steroid dienone is 1. The molecule has 2 heterocycles. The Labute approximate surface area is 201 Å². The summed E-state index contributed by atoms with van der Waals surface area (Å²) in [5.41, 5.74) is 9.88. The minimum absolute atomic E-state index is 0.963.